The first-order chi connectivity index (χ1) is 5.02. The number of hydrogen-bond acceptors (Lipinski definition) is 1. The van der Waals surface area contributed by atoms with E-state index < -0.39 is 12.0 Å². The Morgan fingerprint density at radius 1 is 1.55 bits per heavy atom. The second-order valence-electron chi connectivity index (χ2n) is 3.65. The molecule has 1 unspecified atom stereocenters. The maximum absolute atomic E-state index is 13.1. The standard InChI is InChI=1S/C8H15F2N/c1-6(2)5-8(9,10)7-3-4-11-7/h6-7,11H,3-5H2,1-2H3. The molecule has 0 radical (unpaired) electrons. The Labute approximate surface area is 66.2 Å². The van der Waals surface area contributed by atoms with Crippen molar-refractivity contribution in [3.05, 3.63) is 0 Å². The topological polar surface area (TPSA) is 12.0 Å². The second kappa shape index (κ2) is 3.05. The smallest absolute Gasteiger partial charge is 0.263 e. The molecule has 11 heavy (non-hydrogen) atoms. The zero-order valence-electron chi connectivity index (χ0n) is 7.03. The highest BCUT2D eigenvalue weighted by molar-refractivity contribution is 4.90. The Bertz CT molecular complexity index is 130. The lowest BCUT2D eigenvalue weighted by atomic mass is 9.93. The van der Waals surface area contributed by atoms with Gasteiger partial charge in [0.1, 0.15) is 0 Å². The highest BCUT2D eigenvalue weighted by Crippen LogP contribution is 2.31. The maximum atomic E-state index is 13.1. The Balaban J connectivity index is 2.37. The van der Waals surface area contributed by atoms with Crippen molar-refractivity contribution in [2.45, 2.75) is 38.7 Å². The van der Waals surface area contributed by atoms with E-state index in [1.807, 2.05) is 13.8 Å². The molecular formula is C8H15F2N. The molecular weight excluding hydrogens is 148 g/mol. The van der Waals surface area contributed by atoms with E-state index in [0.717, 1.165) is 6.54 Å². The lowest BCUT2D eigenvalue weighted by Gasteiger charge is -2.35. The molecule has 1 rings (SSSR count). The summed E-state index contributed by atoms with van der Waals surface area (Å²) in [7, 11) is 0. The molecule has 0 spiro atoms. The molecule has 0 bridgehead atoms. The zero-order valence-corrected chi connectivity index (χ0v) is 7.03. The van der Waals surface area contributed by atoms with Crippen molar-refractivity contribution >= 4 is 0 Å². The van der Waals surface area contributed by atoms with Crippen LogP contribution in [0.5, 0.6) is 0 Å². The SMILES string of the molecule is CC(C)CC(F)(F)C1CCN1. The van der Waals surface area contributed by atoms with Gasteiger partial charge in [0.25, 0.3) is 5.92 Å². The summed E-state index contributed by atoms with van der Waals surface area (Å²) < 4.78 is 26.1. The normalized spacial score (nSPS) is 25.4. The molecule has 0 amide bonds. The van der Waals surface area contributed by atoms with E-state index in [1.165, 1.54) is 0 Å². The van der Waals surface area contributed by atoms with Crippen LogP contribution in [-0.4, -0.2) is 18.5 Å². The molecule has 1 aliphatic heterocycles. The molecule has 0 aliphatic carbocycles. The molecule has 1 heterocycles. The maximum Gasteiger partial charge on any atom is 0.263 e. The van der Waals surface area contributed by atoms with Gasteiger partial charge in [-0.2, -0.15) is 0 Å². The van der Waals surface area contributed by atoms with Crippen molar-refractivity contribution in [2.75, 3.05) is 6.54 Å². The Kier molecular flexibility index (Phi) is 2.47. The Hall–Kier alpha value is -0.180. The third-order valence-electron chi connectivity index (χ3n) is 2.01. The van der Waals surface area contributed by atoms with Gasteiger partial charge in [-0.15, -0.1) is 0 Å². The molecule has 1 nitrogen and oxygen atoms in total. The van der Waals surface area contributed by atoms with Gasteiger partial charge >= 0.3 is 0 Å². The van der Waals surface area contributed by atoms with Crippen LogP contribution in [0.25, 0.3) is 0 Å². The van der Waals surface area contributed by atoms with E-state index in [1.54, 1.807) is 0 Å². The summed E-state index contributed by atoms with van der Waals surface area (Å²) >= 11 is 0. The van der Waals surface area contributed by atoms with Gasteiger partial charge in [-0.05, 0) is 18.9 Å². The summed E-state index contributed by atoms with van der Waals surface area (Å²) in [5, 5.41) is 2.74. The fourth-order valence-electron chi connectivity index (χ4n) is 1.34. The number of alkyl halides is 2. The van der Waals surface area contributed by atoms with E-state index in [0.29, 0.717) is 6.42 Å². The predicted octanol–water partition coefficient (Wildman–Crippen LogP) is 2.03. The van der Waals surface area contributed by atoms with Crippen LogP contribution in [0.2, 0.25) is 0 Å². The van der Waals surface area contributed by atoms with Gasteiger partial charge < -0.3 is 5.32 Å². The lowest BCUT2D eigenvalue weighted by molar-refractivity contribution is -0.0733. The van der Waals surface area contributed by atoms with E-state index in [-0.39, 0.29) is 12.3 Å². The molecule has 66 valence electrons. The van der Waals surface area contributed by atoms with E-state index in [9.17, 15) is 8.78 Å². The fourth-order valence-corrected chi connectivity index (χ4v) is 1.34. The number of halogens is 2. The molecule has 0 saturated carbocycles. The predicted molar refractivity (Wildman–Crippen MR) is 40.8 cm³/mol. The van der Waals surface area contributed by atoms with Crippen LogP contribution in [0.15, 0.2) is 0 Å². The van der Waals surface area contributed by atoms with Crippen molar-refractivity contribution in [1.29, 1.82) is 0 Å². The van der Waals surface area contributed by atoms with Crippen LogP contribution in [0, 0.1) is 5.92 Å². The number of nitrogens with one attached hydrogen (secondary N) is 1. The highest BCUT2D eigenvalue weighted by atomic mass is 19.3. The van der Waals surface area contributed by atoms with Crippen molar-refractivity contribution in [2.24, 2.45) is 5.92 Å². The van der Waals surface area contributed by atoms with E-state index in [4.69, 9.17) is 0 Å². The average Bonchev–Trinajstić information content (AvgIpc) is 1.50. The molecule has 1 aliphatic rings. The molecule has 1 fully saturated rings. The molecule has 3 heteroatoms. The molecule has 0 aromatic heterocycles. The zero-order chi connectivity index (χ0) is 8.48. The summed E-state index contributed by atoms with van der Waals surface area (Å²) in [4.78, 5) is 0. The summed E-state index contributed by atoms with van der Waals surface area (Å²) in [6, 6.07) is -0.551. The largest absolute Gasteiger partial charge is 0.309 e. The minimum absolute atomic E-state index is 0.00463. The molecule has 1 atom stereocenters. The first-order valence-electron chi connectivity index (χ1n) is 4.13. The first-order valence-corrected chi connectivity index (χ1v) is 4.13. The highest BCUT2D eigenvalue weighted by Gasteiger charge is 2.42. The molecule has 1 N–H and O–H groups in total. The Morgan fingerprint density at radius 2 is 2.09 bits per heavy atom. The van der Waals surface area contributed by atoms with E-state index in [2.05, 4.69) is 5.32 Å². The Morgan fingerprint density at radius 3 is 2.36 bits per heavy atom. The molecule has 0 aromatic rings. The quantitative estimate of drug-likeness (QED) is 0.671. The van der Waals surface area contributed by atoms with Gasteiger partial charge in [-0.25, -0.2) is 8.78 Å². The van der Waals surface area contributed by atoms with Crippen molar-refractivity contribution in [3.8, 4) is 0 Å². The van der Waals surface area contributed by atoms with Gasteiger partial charge in [0.2, 0.25) is 0 Å². The summed E-state index contributed by atoms with van der Waals surface area (Å²) in [5.74, 6) is -2.42. The van der Waals surface area contributed by atoms with Gasteiger partial charge in [0, 0.05) is 6.42 Å². The van der Waals surface area contributed by atoms with Gasteiger partial charge in [-0.3, -0.25) is 0 Å². The van der Waals surface area contributed by atoms with Crippen molar-refractivity contribution in [1.82, 2.24) is 5.32 Å². The van der Waals surface area contributed by atoms with Crippen LogP contribution in [-0.2, 0) is 0 Å². The summed E-state index contributed by atoms with van der Waals surface area (Å²) in [6.45, 7) is 4.40. The van der Waals surface area contributed by atoms with Crippen LogP contribution in [0.4, 0.5) is 8.78 Å². The first kappa shape index (κ1) is 8.91. The van der Waals surface area contributed by atoms with Crippen LogP contribution in [0.3, 0.4) is 0 Å². The average molecular weight is 163 g/mol. The third kappa shape index (κ3) is 2.12. The minimum atomic E-state index is -2.49. The monoisotopic (exact) mass is 163 g/mol. The van der Waals surface area contributed by atoms with Crippen molar-refractivity contribution < 1.29 is 8.78 Å². The summed E-state index contributed by atoms with van der Waals surface area (Å²) in [6.07, 6.45) is 0.629. The number of rotatable bonds is 3. The summed E-state index contributed by atoms with van der Waals surface area (Å²) in [5.41, 5.74) is 0. The number of hydrogen-bond donors (Lipinski definition) is 1. The lowest BCUT2D eigenvalue weighted by Crippen LogP contribution is -2.54. The van der Waals surface area contributed by atoms with E-state index >= 15 is 0 Å². The molecule has 1 saturated heterocycles. The van der Waals surface area contributed by atoms with Gasteiger partial charge in [0.15, 0.2) is 0 Å². The molecule has 0 aromatic carbocycles. The van der Waals surface area contributed by atoms with Crippen molar-refractivity contribution in [3.63, 3.8) is 0 Å². The van der Waals surface area contributed by atoms with Gasteiger partial charge in [-0.1, -0.05) is 13.8 Å². The fraction of sp³-hybridized carbons (Fsp3) is 1.00. The van der Waals surface area contributed by atoms with Crippen LogP contribution >= 0.6 is 0 Å². The van der Waals surface area contributed by atoms with Crippen LogP contribution in [0.1, 0.15) is 26.7 Å². The van der Waals surface area contributed by atoms with Gasteiger partial charge in [0.05, 0.1) is 6.04 Å². The minimum Gasteiger partial charge on any atom is -0.309 e. The third-order valence-corrected chi connectivity index (χ3v) is 2.01. The van der Waals surface area contributed by atoms with Crippen LogP contribution < -0.4 is 5.32 Å². The second-order valence-corrected chi connectivity index (χ2v) is 3.65.